The lowest BCUT2D eigenvalue weighted by molar-refractivity contribution is 1.21. The molecule has 0 radical (unpaired) electrons. The third-order valence-electron chi connectivity index (χ3n) is 1.06. The predicted molar refractivity (Wildman–Crippen MR) is 46.3 cm³/mol. The van der Waals surface area contributed by atoms with E-state index in [0.29, 0.717) is 0 Å². The van der Waals surface area contributed by atoms with Crippen LogP contribution in [0.1, 0.15) is 20.3 Å². The van der Waals surface area contributed by atoms with Crippen molar-refractivity contribution in [2.75, 3.05) is 7.05 Å². The summed E-state index contributed by atoms with van der Waals surface area (Å²) in [6, 6.07) is 0. The summed E-state index contributed by atoms with van der Waals surface area (Å²) in [5, 5.41) is 0. The van der Waals surface area contributed by atoms with Crippen LogP contribution in [0.3, 0.4) is 0 Å². The van der Waals surface area contributed by atoms with E-state index in [1.807, 2.05) is 13.0 Å². The summed E-state index contributed by atoms with van der Waals surface area (Å²) in [5.74, 6) is 0. The zero-order valence-electron chi connectivity index (χ0n) is 6.11. The van der Waals surface area contributed by atoms with Gasteiger partial charge in [0.05, 0.1) is 0 Å². The summed E-state index contributed by atoms with van der Waals surface area (Å²) in [7, 11) is 1.79. The molecule has 0 N–H and O–H groups in total. The fourth-order valence-corrected chi connectivity index (χ4v) is 0.725. The van der Waals surface area contributed by atoms with Crippen LogP contribution in [0.4, 0.5) is 0 Å². The minimum atomic E-state index is 1.03. The molecular weight excluding hydrogens is 178 g/mol. The summed E-state index contributed by atoms with van der Waals surface area (Å²) in [5.41, 5.74) is 1.06. The fraction of sp³-hybridized carbons (Fsp3) is 0.571. The van der Waals surface area contributed by atoms with Crippen LogP contribution in [0.2, 0.25) is 0 Å². The predicted octanol–water partition coefficient (Wildman–Crippen LogP) is 2.77. The van der Waals surface area contributed by atoms with Crippen LogP contribution in [0.15, 0.2) is 15.6 Å². The highest BCUT2D eigenvalue weighted by Gasteiger charge is 1.85. The number of aliphatic imine (C=N–C) groups is 1. The number of hydrogen-bond donors (Lipinski definition) is 0. The first-order valence-electron chi connectivity index (χ1n) is 3.00. The molecule has 0 aliphatic heterocycles. The van der Waals surface area contributed by atoms with Crippen molar-refractivity contribution in [1.82, 2.24) is 0 Å². The van der Waals surface area contributed by atoms with Crippen LogP contribution in [0.25, 0.3) is 0 Å². The summed E-state index contributed by atoms with van der Waals surface area (Å²) in [6.45, 7) is 4.08. The van der Waals surface area contributed by atoms with Gasteiger partial charge in [0.25, 0.3) is 0 Å². The molecule has 0 saturated heterocycles. The van der Waals surface area contributed by atoms with Gasteiger partial charge in [-0.05, 0) is 23.9 Å². The van der Waals surface area contributed by atoms with E-state index >= 15 is 0 Å². The topological polar surface area (TPSA) is 12.4 Å². The molecule has 2 heteroatoms. The van der Waals surface area contributed by atoms with Crippen LogP contribution in [0.5, 0.6) is 0 Å². The highest BCUT2D eigenvalue weighted by atomic mass is 79.9. The zero-order valence-corrected chi connectivity index (χ0v) is 7.70. The molecule has 0 heterocycles. The molecule has 0 aromatic carbocycles. The molecule has 0 aliphatic carbocycles. The second kappa shape index (κ2) is 4.74. The number of rotatable bonds is 2. The lowest BCUT2D eigenvalue weighted by Gasteiger charge is -1.90. The average molecular weight is 190 g/mol. The first kappa shape index (κ1) is 8.89. The third kappa shape index (κ3) is 4.40. The average Bonchev–Trinajstić information content (AvgIpc) is 1.87. The molecule has 0 atom stereocenters. The molecule has 0 aromatic heterocycles. The van der Waals surface area contributed by atoms with Crippen molar-refractivity contribution in [3.8, 4) is 0 Å². The van der Waals surface area contributed by atoms with E-state index in [9.17, 15) is 0 Å². The SMILES string of the molecule is CC/C(Br)=C\C(C)=NC. The van der Waals surface area contributed by atoms with Crippen LogP contribution < -0.4 is 0 Å². The summed E-state index contributed by atoms with van der Waals surface area (Å²) in [6.07, 6.45) is 3.06. The molecule has 0 fully saturated rings. The maximum atomic E-state index is 3.99. The minimum Gasteiger partial charge on any atom is -0.293 e. The second-order valence-electron chi connectivity index (χ2n) is 1.81. The maximum absolute atomic E-state index is 3.99. The van der Waals surface area contributed by atoms with Gasteiger partial charge in [0, 0.05) is 12.8 Å². The monoisotopic (exact) mass is 189 g/mol. The number of allylic oxidation sites excluding steroid dienone is 2. The lowest BCUT2D eigenvalue weighted by atomic mass is 10.3. The zero-order chi connectivity index (χ0) is 7.28. The first-order valence-corrected chi connectivity index (χ1v) is 3.79. The molecule has 9 heavy (non-hydrogen) atoms. The number of halogens is 1. The Morgan fingerprint density at radius 2 is 2.22 bits per heavy atom. The summed E-state index contributed by atoms with van der Waals surface area (Å²) in [4.78, 5) is 3.99. The molecule has 0 aliphatic rings. The molecule has 0 unspecified atom stereocenters. The molecule has 1 nitrogen and oxygen atoms in total. The Kier molecular flexibility index (Phi) is 4.68. The number of hydrogen-bond acceptors (Lipinski definition) is 1. The van der Waals surface area contributed by atoms with Gasteiger partial charge in [-0.2, -0.15) is 0 Å². The van der Waals surface area contributed by atoms with Crippen LogP contribution in [-0.4, -0.2) is 12.8 Å². The van der Waals surface area contributed by atoms with Crippen molar-refractivity contribution in [3.63, 3.8) is 0 Å². The van der Waals surface area contributed by atoms with E-state index in [2.05, 4.69) is 27.8 Å². The number of nitrogens with zero attached hydrogens (tertiary/aromatic N) is 1. The van der Waals surface area contributed by atoms with Gasteiger partial charge in [0.2, 0.25) is 0 Å². The smallest absolute Gasteiger partial charge is 0.0321 e. The third-order valence-corrected chi connectivity index (χ3v) is 1.85. The Bertz CT molecular complexity index is 136. The largest absolute Gasteiger partial charge is 0.293 e. The molecule has 0 bridgehead atoms. The van der Waals surface area contributed by atoms with Crippen molar-refractivity contribution in [1.29, 1.82) is 0 Å². The normalized spacial score (nSPS) is 14.2. The molecule has 0 rings (SSSR count). The van der Waals surface area contributed by atoms with Gasteiger partial charge in [-0.1, -0.05) is 22.9 Å². The molecule has 0 amide bonds. The highest BCUT2D eigenvalue weighted by molar-refractivity contribution is 9.11. The Morgan fingerprint density at radius 1 is 1.67 bits per heavy atom. The Hall–Kier alpha value is -0.110. The quantitative estimate of drug-likeness (QED) is 0.593. The van der Waals surface area contributed by atoms with E-state index in [1.165, 1.54) is 4.48 Å². The van der Waals surface area contributed by atoms with E-state index in [0.717, 1.165) is 12.1 Å². The van der Waals surface area contributed by atoms with E-state index in [4.69, 9.17) is 0 Å². The van der Waals surface area contributed by atoms with Gasteiger partial charge >= 0.3 is 0 Å². The van der Waals surface area contributed by atoms with Crippen molar-refractivity contribution in [2.24, 2.45) is 4.99 Å². The molecule has 0 aromatic rings. The minimum absolute atomic E-state index is 1.03. The lowest BCUT2D eigenvalue weighted by Crippen LogP contribution is -1.83. The highest BCUT2D eigenvalue weighted by Crippen LogP contribution is 2.08. The van der Waals surface area contributed by atoms with Crippen molar-refractivity contribution in [3.05, 3.63) is 10.6 Å². The summed E-state index contributed by atoms with van der Waals surface area (Å²) >= 11 is 3.40. The van der Waals surface area contributed by atoms with E-state index in [-0.39, 0.29) is 0 Å². The van der Waals surface area contributed by atoms with E-state index < -0.39 is 0 Å². The Labute approximate surface area is 65.0 Å². The van der Waals surface area contributed by atoms with Crippen molar-refractivity contribution >= 4 is 21.6 Å². The molecule has 52 valence electrons. The molecular formula is C7H12BrN. The van der Waals surface area contributed by atoms with Crippen LogP contribution in [-0.2, 0) is 0 Å². The maximum Gasteiger partial charge on any atom is 0.0321 e. The standard InChI is InChI=1S/C7H12BrN/c1-4-7(8)5-6(2)9-3/h5H,4H2,1-3H3/b7-5+,9-6?. The van der Waals surface area contributed by atoms with Crippen molar-refractivity contribution in [2.45, 2.75) is 20.3 Å². The van der Waals surface area contributed by atoms with Gasteiger partial charge in [0.15, 0.2) is 0 Å². The van der Waals surface area contributed by atoms with Crippen LogP contribution >= 0.6 is 15.9 Å². The second-order valence-corrected chi connectivity index (χ2v) is 2.83. The van der Waals surface area contributed by atoms with Crippen LogP contribution in [0, 0.1) is 0 Å². The van der Waals surface area contributed by atoms with Gasteiger partial charge in [0.1, 0.15) is 0 Å². The van der Waals surface area contributed by atoms with E-state index in [1.54, 1.807) is 7.05 Å². The Balaban J connectivity index is 3.95. The molecule has 0 spiro atoms. The van der Waals surface area contributed by atoms with Gasteiger partial charge in [-0.15, -0.1) is 0 Å². The van der Waals surface area contributed by atoms with Gasteiger partial charge in [-0.25, -0.2) is 0 Å². The first-order chi connectivity index (χ1) is 4.20. The summed E-state index contributed by atoms with van der Waals surface area (Å²) < 4.78 is 1.20. The van der Waals surface area contributed by atoms with Gasteiger partial charge in [-0.3, -0.25) is 4.99 Å². The Morgan fingerprint density at radius 3 is 2.56 bits per heavy atom. The van der Waals surface area contributed by atoms with Crippen molar-refractivity contribution < 1.29 is 0 Å². The van der Waals surface area contributed by atoms with Gasteiger partial charge < -0.3 is 0 Å². The molecule has 0 saturated carbocycles. The fourth-order valence-electron chi connectivity index (χ4n) is 0.393.